The summed E-state index contributed by atoms with van der Waals surface area (Å²) < 4.78 is 0. The molecular formula is C19H23ClN2O. The molecule has 2 N–H and O–H groups in total. The highest BCUT2D eigenvalue weighted by Gasteiger charge is 2.28. The second-order valence-electron chi connectivity index (χ2n) is 5.87. The summed E-state index contributed by atoms with van der Waals surface area (Å²) in [6.07, 6.45) is 0. The molecule has 122 valence electrons. The summed E-state index contributed by atoms with van der Waals surface area (Å²) >= 11 is 6.24. The van der Waals surface area contributed by atoms with Crippen LogP contribution in [-0.2, 0) is 4.79 Å². The molecule has 2 aromatic carbocycles. The van der Waals surface area contributed by atoms with Gasteiger partial charge in [-0.1, -0.05) is 67.1 Å². The van der Waals surface area contributed by atoms with Gasteiger partial charge in [0.25, 0.3) is 0 Å². The van der Waals surface area contributed by atoms with Crippen LogP contribution in [0.2, 0.25) is 5.02 Å². The third kappa shape index (κ3) is 3.92. The molecule has 2 rings (SSSR count). The molecule has 0 aliphatic heterocycles. The van der Waals surface area contributed by atoms with E-state index in [0.717, 1.165) is 11.1 Å². The largest absolute Gasteiger partial charge is 0.339 e. The average Bonchev–Trinajstić information content (AvgIpc) is 2.59. The van der Waals surface area contributed by atoms with Gasteiger partial charge in [-0.3, -0.25) is 4.79 Å². The maximum Gasteiger partial charge on any atom is 0.227 e. The Morgan fingerprint density at radius 3 is 2.22 bits per heavy atom. The normalized spacial score (nSPS) is 14.8. The van der Waals surface area contributed by atoms with Crippen molar-refractivity contribution < 1.29 is 4.79 Å². The minimum atomic E-state index is -0.329. The number of rotatable bonds is 5. The van der Waals surface area contributed by atoms with Crippen LogP contribution in [0.1, 0.15) is 37.1 Å². The van der Waals surface area contributed by atoms with E-state index in [1.807, 2.05) is 68.4 Å². The van der Waals surface area contributed by atoms with Crippen molar-refractivity contribution in [3.63, 3.8) is 0 Å². The maximum atomic E-state index is 12.8. The van der Waals surface area contributed by atoms with Crippen LogP contribution in [0.5, 0.6) is 0 Å². The molecule has 0 radical (unpaired) electrons. The fourth-order valence-electron chi connectivity index (χ4n) is 2.65. The fourth-order valence-corrected chi connectivity index (χ4v) is 2.95. The lowest BCUT2D eigenvalue weighted by Crippen LogP contribution is -2.38. The topological polar surface area (TPSA) is 46.3 Å². The zero-order chi connectivity index (χ0) is 17.0. The molecule has 0 fully saturated rings. The number of carbonyl (C=O) groups excluding carboxylic acids is 1. The summed E-state index contributed by atoms with van der Waals surface area (Å²) in [5.74, 6) is -0.305. The van der Waals surface area contributed by atoms with Gasteiger partial charge >= 0.3 is 0 Å². The molecule has 0 heterocycles. The summed E-state index contributed by atoms with van der Waals surface area (Å²) in [6.45, 7) is 3.84. The van der Waals surface area contributed by atoms with Crippen molar-refractivity contribution in [1.29, 1.82) is 0 Å². The number of hydrogen-bond donors (Lipinski definition) is 1. The Hall–Kier alpha value is -1.84. The van der Waals surface area contributed by atoms with E-state index in [-0.39, 0.29) is 23.9 Å². The Kier molecular flexibility index (Phi) is 5.80. The predicted octanol–water partition coefficient (Wildman–Crippen LogP) is 4.20. The molecule has 2 aromatic rings. The lowest BCUT2D eigenvalue weighted by atomic mass is 9.93. The smallest absolute Gasteiger partial charge is 0.227 e. The van der Waals surface area contributed by atoms with E-state index in [9.17, 15) is 4.79 Å². The first-order valence-corrected chi connectivity index (χ1v) is 8.13. The summed E-state index contributed by atoms with van der Waals surface area (Å²) in [6, 6.07) is 16.9. The van der Waals surface area contributed by atoms with Gasteiger partial charge in [0.1, 0.15) is 0 Å². The van der Waals surface area contributed by atoms with Crippen molar-refractivity contribution in [2.75, 3.05) is 7.05 Å². The molecule has 0 saturated heterocycles. The molecule has 0 aliphatic rings. The standard InChI is InChI=1S/C19H23ClN2O/c1-13(18(21)15-9-5-4-6-10-15)19(23)22(3)14(2)16-11-7-8-12-17(16)20/h4-14,18H,21H2,1-3H3. The van der Waals surface area contributed by atoms with Gasteiger partial charge < -0.3 is 10.6 Å². The van der Waals surface area contributed by atoms with Gasteiger partial charge in [-0.25, -0.2) is 0 Å². The van der Waals surface area contributed by atoms with Crippen LogP contribution in [0, 0.1) is 5.92 Å². The van der Waals surface area contributed by atoms with Crippen LogP contribution < -0.4 is 5.73 Å². The Labute approximate surface area is 143 Å². The molecule has 3 atom stereocenters. The highest BCUT2D eigenvalue weighted by molar-refractivity contribution is 6.31. The highest BCUT2D eigenvalue weighted by atomic mass is 35.5. The number of nitrogens with two attached hydrogens (primary N) is 1. The van der Waals surface area contributed by atoms with Gasteiger partial charge in [-0.05, 0) is 24.1 Å². The Balaban J connectivity index is 2.14. The highest BCUT2D eigenvalue weighted by Crippen LogP contribution is 2.29. The maximum absolute atomic E-state index is 12.8. The van der Waals surface area contributed by atoms with E-state index < -0.39 is 0 Å². The number of benzene rings is 2. The summed E-state index contributed by atoms with van der Waals surface area (Å²) in [5, 5.41) is 0.666. The summed E-state index contributed by atoms with van der Waals surface area (Å²) in [4.78, 5) is 14.5. The zero-order valence-corrected chi connectivity index (χ0v) is 14.5. The van der Waals surface area contributed by atoms with Gasteiger partial charge in [0.05, 0.1) is 12.0 Å². The Morgan fingerprint density at radius 2 is 1.61 bits per heavy atom. The fraction of sp³-hybridized carbons (Fsp3) is 0.316. The van der Waals surface area contributed by atoms with Gasteiger partial charge in [0.15, 0.2) is 0 Å². The second-order valence-corrected chi connectivity index (χ2v) is 6.28. The molecule has 23 heavy (non-hydrogen) atoms. The Morgan fingerprint density at radius 1 is 1.04 bits per heavy atom. The monoisotopic (exact) mass is 330 g/mol. The second kappa shape index (κ2) is 7.62. The van der Waals surface area contributed by atoms with E-state index in [0.29, 0.717) is 5.02 Å². The van der Waals surface area contributed by atoms with Crippen LogP contribution in [0.3, 0.4) is 0 Å². The van der Waals surface area contributed by atoms with Crippen molar-refractivity contribution in [1.82, 2.24) is 4.90 Å². The van der Waals surface area contributed by atoms with Crippen LogP contribution in [0.25, 0.3) is 0 Å². The van der Waals surface area contributed by atoms with Crippen molar-refractivity contribution in [2.24, 2.45) is 11.7 Å². The van der Waals surface area contributed by atoms with Crippen molar-refractivity contribution >= 4 is 17.5 Å². The zero-order valence-electron chi connectivity index (χ0n) is 13.7. The molecule has 0 bridgehead atoms. The number of hydrogen-bond acceptors (Lipinski definition) is 2. The van der Waals surface area contributed by atoms with Crippen molar-refractivity contribution in [3.8, 4) is 0 Å². The lowest BCUT2D eigenvalue weighted by Gasteiger charge is -2.30. The molecule has 0 spiro atoms. The first-order valence-electron chi connectivity index (χ1n) is 7.75. The van der Waals surface area contributed by atoms with Gasteiger partial charge in [-0.2, -0.15) is 0 Å². The molecule has 0 saturated carbocycles. The van der Waals surface area contributed by atoms with Crippen LogP contribution in [0.15, 0.2) is 54.6 Å². The Bertz CT molecular complexity index is 659. The van der Waals surface area contributed by atoms with Gasteiger partial charge in [-0.15, -0.1) is 0 Å². The number of amides is 1. The van der Waals surface area contributed by atoms with Crippen LogP contribution in [-0.4, -0.2) is 17.9 Å². The van der Waals surface area contributed by atoms with E-state index in [2.05, 4.69) is 0 Å². The third-order valence-electron chi connectivity index (χ3n) is 4.40. The number of carbonyl (C=O) groups is 1. The van der Waals surface area contributed by atoms with Crippen LogP contribution in [0.4, 0.5) is 0 Å². The lowest BCUT2D eigenvalue weighted by molar-refractivity contribution is -0.136. The first-order chi connectivity index (χ1) is 10.9. The molecular weight excluding hydrogens is 308 g/mol. The number of nitrogens with zero attached hydrogens (tertiary/aromatic N) is 1. The van der Waals surface area contributed by atoms with Crippen molar-refractivity contribution in [2.45, 2.75) is 25.9 Å². The molecule has 0 aliphatic carbocycles. The minimum Gasteiger partial charge on any atom is -0.339 e. The van der Waals surface area contributed by atoms with E-state index in [4.69, 9.17) is 17.3 Å². The molecule has 1 amide bonds. The summed E-state index contributed by atoms with van der Waals surface area (Å²) in [7, 11) is 1.80. The van der Waals surface area contributed by atoms with Crippen molar-refractivity contribution in [3.05, 3.63) is 70.7 Å². The quantitative estimate of drug-likeness (QED) is 0.893. The minimum absolute atomic E-state index is 0.00812. The van der Waals surface area contributed by atoms with E-state index >= 15 is 0 Å². The third-order valence-corrected chi connectivity index (χ3v) is 4.74. The molecule has 0 aromatic heterocycles. The molecule has 4 heteroatoms. The average molecular weight is 331 g/mol. The molecule has 3 unspecified atom stereocenters. The first kappa shape index (κ1) is 17.5. The summed E-state index contributed by atoms with van der Waals surface area (Å²) in [5.41, 5.74) is 8.17. The van der Waals surface area contributed by atoms with E-state index in [1.54, 1.807) is 11.9 Å². The SMILES string of the molecule is CC(C(=O)N(C)C(C)c1ccccc1Cl)C(N)c1ccccc1. The van der Waals surface area contributed by atoms with Gasteiger partial charge in [0, 0.05) is 18.1 Å². The predicted molar refractivity (Wildman–Crippen MR) is 95.2 cm³/mol. The van der Waals surface area contributed by atoms with E-state index in [1.165, 1.54) is 0 Å². The number of halogens is 1. The van der Waals surface area contributed by atoms with Gasteiger partial charge in [0.2, 0.25) is 5.91 Å². The molecule has 3 nitrogen and oxygen atoms in total. The van der Waals surface area contributed by atoms with Crippen LogP contribution >= 0.6 is 11.6 Å².